The smallest absolute Gasteiger partial charge is 0.328 e. The third kappa shape index (κ3) is 6.26. The highest BCUT2D eigenvalue weighted by Gasteiger charge is 2.52. The number of cyclic esters (lactones) is 1. The summed E-state index contributed by atoms with van der Waals surface area (Å²) in [6, 6.07) is 19.0. The molecule has 3 aliphatic rings. The van der Waals surface area contributed by atoms with Crippen LogP contribution >= 0.6 is 0 Å². The number of benzene rings is 4. The molecule has 0 radical (unpaired) electrons. The summed E-state index contributed by atoms with van der Waals surface area (Å²) < 4.78 is 33.0. The number of methoxy groups -OCH3 is 3. The molecule has 0 spiro atoms. The number of carbonyl (C=O) groups excluding carboxylic acids is 3. The zero-order valence-electron chi connectivity index (χ0n) is 28.0. The number of hydrogen-bond donors (Lipinski definition) is 4. The molecule has 2 aliphatic heterocycles. The first-order valence-corrected chi connectivity index (χ1v) is 16.3. The van der Waals surface area contributed by atoms with Gasteiger partial charge in [-0.05, 0) is 82.9 Å². The van der Waals surface area contributed by atoms with E-state index < -0.39 is 35.8 Å². The van der Waals surface area contributed by atoms with Gasteiger partial charge < -0.3 is 49.3 Å². The number of nitrogens with one attached hydrogen (secondary N) is 2. The molecule has 13 heteroatoms. The molecule has 2 heterocycles. The lowest BCUT2D eigenvalue weighted by Crippen LogP contribution is -2.43. The summed E-state index contributed by atoms with van der Waals surface area (Å²) in [4.78, 5) is 39.3. The van der Waals surface area contributed by atoms with Crippen molar-refractivity contribution in [3.8, 4) is 34.5 Å². The van der Waals surface area contributed by atoms with Gasteiger partial charge in [0.15, 0.2) is 23.0 Å². The lowest BCUT2D eigenvalue weighted by atomic mass is 9.65. The van der Waals surface area contributed by atoms with Crippen molar-refractivity contribution in [2.75, 3.05) is 40.0 Å². The quantitative estimate of drug-likeness (QED) is 0.172. The Balaban J connectivity index is 1.19. The molecule has 4 aromatic rings. The normalized spacial score (nSPS) is 20.3. The summed E-state index contributed by atoms with van der Waals surface area (Å²) in [5.74, 6) is -1.37. The summed E-state index contributed by atoms with van der Waals surface area (Å²) in [5.41, 5.74) is 4.10. The minimum Gasteiger partial charge on any atom is -0.508 e. The Morgan fingerprint density at radius 3 is 2.14 bits per heavy atom. The fraction of sp³-hybridized carbons (Fsp3) is 0.289. The molecule has 4 aromatic carbocycles. The number of phenolic OH excluding ortho intramolecular Hbond substituents is 2. The van der Waals surface area contributed by atoms with Crippen molar-refractivity contribution >= 4 is 23.5 Å². The summed E-state index contributed by atoms with van der Waals surface area (Å²) >= 11 is 0. The second-order valence-corrected chi connectivity index (χ2v) is 12.5. The van der Waals surface area contributed by atoms with Gasteiger partial charge in [-0.2, -0.15) is 0 Å². The summed E-state index contributed by atoms with van der Waals surface area (Å²) in [6.07, 6.45) is 0.173. The highest BCUT2D eigenvalue weighted by molar-refractivity contribution is 5.97. The molecule has 0 unspecified atom stereocenters. The SMILES string of the molecule is COC(=O)[C@H](Cc1ccc(O)cc1)NC(=O)c1ccc(N[C@@H]2c3cc4c(cc3[C@@H](c3cc(OC)c(O)c(OC)c3)[C@H]3C(=O)OC[C@@H]32)OCO4)cc1. The van der Waals surface area contributed by atoms with Crippen LogP contribution in [0.2, 0.25) is 0 Å². The number of aromatic hydroxyl groups is 2. The van der Waals surface area contributed by atoms with Gasteiger partial charge in [0.1, 0.15) is 11.8 Å². The van der Waals surface area contributed by atoms with Gasteiger partial charge in [-0.1, -0.05) is 12.1 Å². The van der Waals surface area contributed by atoms with Crippen molar-refractivity contribution in [2.24, 2.45) is 11.8 Å². The molecule has 13 nitrogen and oxygen atoms in total. The Hall–Kier alpha value is -6.11. The molecule has 1 aliphatic carbocycles. The molecule has 4 N–H and O–H groups in total. The molecular formula is C38H36N2O11. The van der Waals surface area contributed by atoms with E-state index in [4.69, 9.17) is 28.4 Å². The molecule has 0 aromatic heterocycles. The molecule has 51 heavy (non-hydrogen) atoms. The minimum absolute atomic E-state index is 0.0616. The molecule has 5 atom stereocenters. The van der Waals surface area contributed by atoms with Gasteiger partial charge in [0.25, 0.3) is 5.91 Å². The van der Waals surface area contributed by atoms with E-state index in [1.807, 2.05) is 12.1 Å². The number of amides is 1. The molecule has 1 saturated heterocycles. The molecular weight excluding hydrogens is 660 g/mol. The predicted molar refractivity (Wildman–Crippen MR) is 181 cm³/mol. The van der Waals surface area contributed by atoms with Crippen molar-refractivity contribution in [3.05, 3.63) is 101 Å². The van der Waals surface area contributed by atoms with E-state index in [2.05, 4.69) is 10.6 Å². The third-order valence-corrected chi connectivity index (χ3v) is 9.68. The van der Waals surface area contributed by atoms with E-state index in [1.165, 1.54) is 33.5 Å². The van der Waals surface area contributed by atoms with Gasteiger partial charge in [-0.3, -0.25) is 9.59 Å². The van der Waals surface area contributed by atoms with Gasteiger partial charge in [-0.25, -0.2) is 4.79 Å². The Morgan fingerprint density at radius 1 is 0.863 bits per heavy atom. The second-order valence-electron chi connectivity index (χ2n) is 12.5. The second kappa shape index (κ2) is 13.7. The van der Waals surface area contributed by atoms with Gasteiger partial charge >= 0.3 is 11.9 Å². The van der Waals surface area contributed by atoms with Crippen LogP contribution in [0, 0.1) is 11.8 Å². The first-order chi connectivity index (χ1) is 24.7. The zero-order valence-corrected chi connectivity index (χ0v) is 28.0. The standard InChI is InChI=1S/C38H36N2O11/c1-46-30-13-21(14-31(47-2)35(30)42)32-24-15-28-29(51-18-50-28)16-25(24)34(26-17-49-38(45)33(26)32)39-22-8-6-20(7-9-22)36(43)40-27(37(44)48-3)12-19-4-10-23(41)11-5-19/h4-11,13-16,26-27,32-34,39,41-42H,12,17-18H2,1-3H3,(H,40,43)/t26-,27-,32+,33-,34+/m0/s1. The first-order valence-electron chi connectivity index (χ1n) is 16.3. The maximum atomic E-state index is 13.5. The fourth-order valence-corrected chi connectivity index (χ4v) is 7.18. The Kier molecular flexibility index (Phi) is 8.94. The molecule has 1 fully saturated rings. The van der Waals surface area contributed by atoms with Gasteiger partial charge in [0.05, 0.1) is 39.9 Å². The summed E-state index contributed by atoms with van der Waals surface area (Å²) in [7, 11) is 4.15. The molecule has 1 amide bonds. The number of esters is 2. The van der Waals surface area contributed by atoms with Gasteiger partial charge in [0, 0.05) is 29.5 Å². The van der Waals surface area contributed by atoms with Crippen LogP contribution in [0.3, 0.4) is 0 Å². The summed E-state index contributed by atoms with van der Waals surface area (Å²) in [5, 5.41) is 26.6. The third-order valence-electron chi connectivity index (χ3n) is 9.68. The number of fused-ring (bicyclic) bond motifs is 3. The topological polar surface area (TPSA) is 171 Å². The van der Waals surface area contributed by atoms with Crippen molar-refractivity contribution in [1.82, 2.24) is 5.32 Å². The molecule has 264 valence electrons. The number of anilines is 1. The fourth-order valence-electron chi connectivity index (χ4n) is 7.18. The Morgan fingerprint density at radius 2 is 1.51 bits per heavy atom. The highest BCUT2D eigenvalue weighted by Crippen LogP contribution is 2.56. The molecule has 0 bridgehead atoms. The maximum absolute atomic E-state index is 13.5. The van der Waals surface area contributed by atoms with E-state index >= 15 is 0 Å². The van der Waals surface area contributed by atoms with Crippen LogP contribution in [0.5, 0.6) is 34.5 Å². The van der Waals surface area contributed by atoms with Crippen molar-refractivity contribution < 1.29 is 53.0 Å². The van der Waals surface area contributed by atoms with Crippen molar-refractivity contribution in [2.45, 2.75) is 24.4 Å². The average molecular weight is 697 g/mol. The van der Waals surface area contributed by atoms with Gasteiger partial charge in [-0.15, -0.1) is 0 Å². The lowest BCUT2D eigenvalue weighted by molar-refractivity contribution is -0.143. The van der Waals surface area contributed by atoms with Crippen LogP contribution in [0.15, 0.2) is 72.8 Å². The van der Waals surface area contributed by atoms with Crippen LogP contribution in [0.1, 0.15) is 44.6 Å². The predicted octanol–water partition coefficient (Wildman–Crippen LogP) is 4.45. The number of ether oxygens (including phenoxy) is 6. The highest BCUT2D eigenvalue weighted by atomic mass is 16.7. The zero-order chi connectivity index (χ0) is 35.8. The van der Waals surface area contributed by atoms with E-state index in [-0.39, 0.29) is 54.7 Å². The van der Waals surface area contributed by atoms with Crippen LogP contribution in [0.25, 0.3) is 0 Å². The minimum atomic E-state index is -0.949. The largest absolute Gasteiger partial charge is 0.508 e. The number of rotatable bonds is 10. The van der Waals surface area contributed by atoms with E-state index in [9.17, 15) is 24.6 Å². The van der Waals surface area contributed by atoms with Crippen molar-refractivity contribution in [1.29, 1.82) is 0 Å². The van der Waals surface area contributed by atoms with Crippen LogP contribution < -0.4 is 29.6 Å². The van der Waals surface area contributed by atoms with Gasteiger partial charge in [0.2, 0.25) is 12.5 Å². The Labute approximate surface area is 293 Å². The van der Waals surface area contributed by atoms with E-state index in [0.29, 0.717) is 28.3 Å². The van der Waals surface area contributed by atoms with Crippen molar-refractivity contribution in [3.63, 3.8) is 0 Å². The van der Waals surface area contributed by atoms with E-state index in [1.54, 1.807) is 48.5 Å². The Bertz CT molecular complexity index is 1950. The average Bonchev–Trinajstić information content (AvgIpc) is 3.77. The monoisotopic (exact) mass is 696 g/mol. The van der Waals surface area contributed by atoms with E-state index in [0.717, 1.165) is 16.7 Å². The van der Waals surface area contributed by atoms with Crippen LogP contribution in [-0.4, -0.2) is 68.8 Å². The number of phenols is 2. The van der Waals surface area contributed by atoms with Crippen LogP contribution in [0.4, 0.5) is 5.69 Å². The number of carbonyl (C=O) groups is 3. The molecule has 7 rings (SSSR count). The maximum Gasteiger partial charge on any atom is 0.328 e. The lowest BCUT2D eigenvalue weighted by Gasteiger charge is -2.40. The first kappa shape index (κ1) is 33.4. The van der Waals surface area contributed by atoms with Crippen LogP contribution in [-0.2, 0) is 25.5 Å². The summed E-state index contributed by atoms with van der Waals surface area (Å²) in [6.45, 7) is 0.223. The number of hydrogen-bond acceptors (Lipinski definition) is 12. The molecule has 0 saturated carbocycles.